The Morgan fingerprint density at radius 3 is 2.71 bits per heavy atom. The van der Waals surface area contributed by atoms with E-state index in [0.29, 0.717) is 19.3 Å². The van der Waals surface area contributed by atoms with Crippen LogP contribution in [0.25, 0.3) is 0 Å². The van der Waals surface area contributed by atoms with Gasteiger partial charge in [-0.1, -0.05) is 6.07 Å². The largest absolute Gasteiger partial charge is 0.490 e. The number of para-hydroxylation sites is 1. The molecular formula is C13H17FO3. The number of benzene rings is 1. The van der Waals surface area contributed by atoms with Crippen LogP contribution in [0.5, 0.6) is 5.75 Å². The highest BCUT2D eigenvalue weighted by atomic mass is 19.1. The van der Waals surface area contributed by atoms with Crippen LogP contribution in [0.15, 0.2) is 18.2 Å². The van der Waals surface area contributed by atoms with Crippen molar-refractivity contribution < 1.29 is 18.7 Å². The van der Waals surface area contributed by atoms with Gasteiger partial charge in [-0.25, -0.2) is 4.39 Å². The van der Waals surface area contributed by atoms with Gasteiger partial charge in [0.1, 0.15) is 0 Å². The van der Waals surface area contributed by atoms with E-state index >= 15 is 0 Å². The molecule has 0 fully saturated rings. The molecule has 0 bridgehead atoms. The normalized spacial score (nSPS) is 11.3. The molecule has 0 radical (unpaired) electrons. The lowest BCUT2D eigenvalue weighted by Crippen LogP contribution is -2.25. The molecule has 0 N–H and O–H groups in total. The summed E-state index contributed by atoms with van der Waals surface area (Å²) < 4.78 is 24.0. The lowest BCUT2D eigenvalue weighted by Gasteiger charge is -2.22. The van der Waals surface area contributed by atoms with Gasteiger partial charge in [-0.3, -0.25) is 4.79 Å². The molecule has 0 unspecified atom stereocenters. The monoisotopic (exact) mass is 240 g/mol. The van der Waals surface area contributed by atoms with Gasteiger partial charge in [0.25, 0.3) is 0 Å². The van der Waals surface area contributed by atoms with E-state index in [0.717, 1.165) is 0 Å². The van der Waals surface area contributed by atoms with Gasteiger partial charge in [0.15, 0.2) is 17.9 Å². The number of hydrogen-bond donors (Lipinski definition) is 0. The third-order valence-electron chi connectivity index (χ3n) is 2.63. The molecule has 0 aliphatic rings. The van der Waals surface area contributed by atoms with Crippen molar-refractivity contribution >= 4 is 6.29 Å². The molecule has 0 aliphatic carbocycles. The first-order valence-electron chi connectivity index (χ1n) is 5.42. The van der Waals surface area contributed by atoms with Crippen LogP contribution in [-0.4, -0.2) is 25.6 Å². The number of hydrogen-bond acceptors (Lipinski definition) is 3. The quantitative estimate of drug-likeness (QED) is 0.717. The van der Waals surface area contributed by atoms with E-state index in [1.165, 1.54) is 18.2 Å². The van der Waals surface area contributed by atoms with Crippen molar-refractivity contribution in [2.24, 2.45) is 0 Å². The van der Waals surface area contributed by atoms with E-state index in [2.05, 4.69) is 0 Å². The van der Waals surface area contributed by atoms with Crippen LogP contribution in [0.2, 0.25) is 0 Å². The lowest BCUT2D eigenvalue weighted by molar-refractivity contribution is 0.00510. The van der Waals surface area contributed by atoms with Gasteiger partial charge in [0.2, 0.25) is 0 Å². The third-order valence-corrected chi connectivity index (χ3v) is 2.63. The van der Waals surface area contributed by atoms with Gasteiger partial charge >= 0.3 is 0 Å². The number of carbonyl (C=O) groups excluding carboxylic acids is 1. The summed E-state index contributed by atoms with van der Waals surface area (Å²) in [5.41, 5.74) is -0.104. The molecule has 1 aromatic rings. The topological polar surface area (TPSA) is 35.5 Å². The molecule has 0 aliphatic heterocycles. The summed E-state index contributed by atoms with van der Waals surface area (Å²) >= 11 is 0. The Kier molecular flexibility index (Phi) is 4.63. The predicted octanol–water partition coefficient (Wildman–Crippen LogP) is 2.83. The Bertz CT molecular complexity index is 388. The fourth-order valence-corrected chi connectivity index (χ4v) is 1.27. The van der Waals surface area contributed by atoms with Crippen molar-refractivity contribution in [1.29, 1.82) is 0 Å². The standard InChI is InChI=1S/C13H17FO3/c1-13(2,16-3)7-8-17-12-10(9-15)5-4-6-11(12)14/h4-6,9H,7-8H2,1-3H3. The number of carbonyl (C=O) groups is 1. The minimum absolute atomic E-state index is 0.00871. The van der Waals surface area contributed by atoms with Crippen molar-refractivity contribution in [2.75, 3.05) is 13.7 Å². The van der Waals surface area contributed by atoms with E-state index in [1.54, 1.807) is 7.11 Å². The second-order valence-corrected chi connectivity index (χ2v) is 4.34. The molecule has 0 saturated carbocycles. The molecular weight excluding hydrogens is 223 g/mol. The number of aldehydes is 1. The van der Waals surface area contributed by atoms with Crippen molar-refractivity contribution in [3.63, 3.8) is 0 Å². The van der Waals surface area contributed by atoms with Crippen molar-refractivity contribution in [1.82, 2.24) is 0 Å². The van der Waals surface area contributed by atoms with E-state index in [1.807, 2.05) is 13.8 Å². The summed E-state index contributed by atoms with van der Waals surface area (Å²) in [5.74, 6) is -0.515. The van der Waals surface area contributed by atoms with E-state index in [-0.39, 0.29) is 16.9 Å². The Morgan fingerprint density at radius 1 is 1.41 bits per heavy atom. The van der Waals surface area contributed by atoms with Gasteiger partial charge in [0, 0.05) is 13.5 Å². The summed E-state index contributed by atoms with van der Waals surface area (Å²) in [5, 5.41) is 0. The summed E-state index contributed by atoms with van der Waals surface area (Å²) in [6.07, 6.45) is 1.19. The molecule has 0 aromatic heterocycles. The Labute approximate surface area is 101 Å². The fourth-order valence-electron chi connectivity index (χ4n) is 1.27. The Morgan fingerprint density at radius 2 is 2.12 bits per heavy atom. The second kappa shape index (κ2) is 5.77. The highest BCUT2D eigenvalue weighted by Crippen LogP contribution is 2.22. The zero-order valence-electron chi connectivity index (χ0n) is 10.3. The van der Waals surface area contributed by atoms with Crippen LogP contribution in [0.1, 0.15) is 30.6 Å². The minimum Gasteiger partial charge on any atom is -0.490 e. The molecule has 1 aromatic carbocycles. The van der Waals surface area contributed by atoms with Crippen LogP contribution in [-0.2, 0) is 4.74 Å². The van der Waals surface area contributed by atoms with Crippen LogP contribution in [0, 0.1) is 5.82 Å². The molecule has 0 saturated heterocycles. The average molecular weight is 240 g/mol. The van der Waals surface area contributed by atoms with Crippen LogP contribution >= 0.6 is 0 Å². The highest BCUT2D eigenvalue weighted by molar-refractivity contribution is 5.79. The molecule has 4 heteroatoms. The smallest absolute Gasteiger partial charge is 0.165 e. The maximum Gasteiger partial charge on any atom is 0.165 e. The number of methoxy groups -OCH3 is 1. The van der Waals surface area contributed by atoms with Crippen LogP contribution in [0.3, 0.4) is 0 Å². The molecule has 3 nitrogen and oxygen atoms in total. The van der Waals surface area contributed by atoms with Crippen LogP contribution in [0.4, 0.5) is 4.39 Å². The molecule has 0 spiro atoms. The van der Waals surface area contributed by atoms with Gasteiger partial charge in [0.05, 0.1) is 17.8 Å². The zero-order chi connectivity index (χ0) is 12.9. The number of halogens is 1. The summed E-state index contributed by atoms with van der Waals surface area (Å²) in [4.78, 5) is 10.7. The molecule has 1 rings (SSSR count). The zero-order valence-corrected chi connectivity index (χ0v) is 10.3. The number of rotatable bonds is 6. The maximum atomic E-state index is 13.4. The summed E-state index contributed by atoms with van der Waals surface area (Å²) in [6, 6.07) is 4.27. The van der Waals surface area contributed by atoms with Gasteiger partial charge in [-0.05, 0) is 26.0 Å². The third kappa shape index (κ3) is 3.82. The fraction of sp³-hybridized carbons (Fsp3) is 0.462. The van der Waals surface area contributed by atoms with Crippen LogP contribution < -0.4 is 4.74 Å². The molecule has 0 heterocycles. The predicted molar refractivity (Wildman–Crippen MR) is 63.0 cm³/mol. The van der Waals surface area contributed by atoms with Gasteiger partial charge in [-0.15, -0.1) is 0 Å². The van der Waals surface area contributed by atoms with Gasteiger partial charge < -0.3 is 9.47 Å². The molecule has 0 amide bonds. The van der Waals surface area contributed by atoms with E-state index in [4.69, 9.17) is 9.47 Å². The summed E-state index contributed by atoms with van der Waals surface area (Å²) in [7, 11) is 1.61. The first-order chi connectivity index (χ1) is 8.00. The lowest BCUT2D eigenvalue weighted by atomic mass is 10.1. The molecule has 17 heavy (non-hydrogen) atoms. The summed E-state index contributed by atoms with van der Waals surface area (Å²) in [6.45, 7) is 4.12. The van der Waals surface area contributed by atoms with E-state index < -0.39 is 5.82 Å². The first kappa shape index (κ1) is 13.6. The molecule has 94 valence electrons. The van der Waals surface area contributed by atoms with Crippen molar-refractivity contribution in [2.45, 2.75) is 25.9 Å². The van der Waals surface area contributed by atoms with E-state index in [9.17, 15) is 9.18 Å². The van der Waals surface area contributed by atoms with Crippen molar-refractivity contribution in [3.05, 3.63) is 29.6 Å². The Hall–Kier alpha value is -1.42. The SMILES string of the molecule is COC(C)(C)CCOc1c(F)cccc1C=O. The second-order valence-electron chi connectivity index (χ2n) is 4.34. The van der Waals surface area contributed by atoms with Gasteiger partial charge in [-0.2, -0.15) is 0 Å². The molecule has 0 atom stereocenters. The average Bonchev–Trinajstić information content (AvgIpc) is 2.31. The minimum atomic E-state index is -0.523. The van der Waals surface area contributed by atoms with Crippen molar-refractivity contribution in [3.8, 4) is 5.75 Å². The number of ether oxygens (including phenoxy) is 2. The Balaban J connectivity index is 2.66. The first-order valence-corrected chi connectivity index (χ1v) is 5.42. The highest BCUT2D eigenvalue weighted by Gasteiger charge is 2.17. The maximum absolute atomic E-state index is 13.4.